The van der Waals surface area contributed by atoms with E-state index in [0.717, 1.165) is 25.0 Å². The molecule has 1 N–H and O–H groups in total. The third-order valence-electron chi connectivity index (χ3n) is 5.25. The van der Waals surface area contributed by atoms with Crippen molar-refractivity contribution < 1.29 is 14.3 Å². The van der Waals surface area contributed by atoms with E-state index in [9.17, 15) is 9.59 Å². The largest absolute Gasteiger partial charge is 0.490 e. The number of carbonyl (C=O) groups is 2. The number of amides is 2. The van der Waals surface area contributed by atoms with Gasteiger partial charge < -0.3 is 15.0 Å². The van der Waals surface area contributed by atoms with E-state index in [2.05, 4.69) is 5.32 Å². The van der Waals surface area contributed by atoms with Gasteiger partial charge in [-0.2, -0.15) is 0 Å². The SMILES string of the molecule is O=C(Nc1cccc(OC2CCCC2)c1)[C@@H]1CCCN1C(=O)c1cccs1. The summed E-state index contributed by atoms with van der Waals surface area (Å²) < 4.78 is 6.02. The highest BCUT2D eigenvalue weighted by Crippen LogP contribution is 2.27. The Morgan fingerprint density at radius 3 is 2.70 bits per heavy atom. The van der Waals surface area contributed by atoms with Crippen LogP contribution in [0.4, 0.5) is 5.69 Å². The van der Waals surface area contributed by atoms with Gasteiger partial charge in [0.1, 0.15) is 11.8 Å². The second kappa shape index (κ2) is 8.13. The van der Waals surface area contributed by atoms with E-state index in [1.165, 1.54) is 24.2 Å². The molecular formula is C21H24N2O3S. The smallest absolute Gasteiger partial charge is 0.264 e. The minimum Gasteiger partial charge on any atom is -0.490 e. The van der Waals surface area contributed by atoms with Gasteiger partial charge in [-0.3, -0.25) is 9.59 Å². The lowest BCUT2D eigenvalue weighted by molar-refractivity contribution is -0.119. The quantitative estimate of drug-likeness (QED) is 0.835. The summed E-state index contributed by atoms with van der Waals surface area (Å²) in [6.07, 6.45) is 6.45. The Morgan fingerprint density at radius 1 is 1.07 bits per heavy atom. The highest BCUT2D eigenvalue weighted by molar-refractivity contribution is 7.12. The van der Waals surface area contributed by atoms with Crippen LogP contribution in [-0.4, -0.2) is 35.4 Å². The van der Waals surface area contributed by atoms with Gasteiger partial charge in [-0.05, 0) is 62.1 Å². The van der Waals surface area contributed by atoms with Gasteiger partial charge in [-0.25, -0.2) is 0 Å². The molecule has 0 bridgehead atoms. The van der Waals surface area contributed by atoms with Crippen LogP contribution in [0.5, 0.6) is 5.75 Å². The normalized spacial score (nSPS) is 20.0. The number of ether oxygens (including phenoxy) is 1. The van der Waals surface area contributed by atoms with E-state index in [1.54, 1.807) is 4.90 Å². The molecule has 0 spiro atoms. The van der Waals surface area contributed by atoms with Crippen LogP contribution in [0, 0.1) is 0 Å². The van der Waals surface area contributed by atoms with Crippen LogP contribution in [0.1, 0.15) is 48.2 Å². The van der Waals surface area contributed by atoms with Crippen LogP contribution >= 0.6 is 11.3 Å². The number of benzene rings is 1. The first-order valence-electron chi connectivity index (χ1n) is 9.63. The molecule has 4 rings (SSSR count). The van der Waals surface area contributed by atoms with Crippen molar-refractivity contribution in [2.24, 2.45) is 0 Å². The average Bonchev–Trinajstić information content (AvgIpc) is 3.43. The lowest BCUT2D eigenvalue weighted by Crippen LogP contribution is -2.42. The van der Waals surface area contributed by atoms with Crippen LogP contribution in [0.3, 0.4) is 0 Å². The van der Waals surface area contributed by atoms with E-state index < -0.39 is 6.04 Å². The van der Waals surface area contributed by atoms with Gasteiger partial charge in [0.05, 0.1) is 11.0 Å². The number of likely N-dealkylation sites (tertiary alicyclic amines) is 1. The standard InChI is InChI=1S/C21H24N2O3S/c24-20(18-10-4-12-23(18)21(25)19-11-5-13-27-19)22-15-6-3-9-17(14-15)26-16-7-1-2-8-16/h3,5-6,9,11,13-14,16,18H,1-2,4,7-8,10,12H2,(H,22,24)/t18-/m0/s1. The number of hydrogen-bond donors (Lipinski definition) is 1. The maximum absolute atomic E-state index is 12.8. The molecule has 1 aromatic carbocycles. The topological polar surface area (TPSA) is 58.6 Å². The number of nitrogens with zero attached hydrogens (tertiary/aromatic N) is 1. The number of rotatable bonds is 5. The van der Waals surface area contributed by atoms with E-state index in [-0.39, 0.29) is 17.9 Å². The van der Waals surface area contributed by atoms with Gasteiger partial charge in [0.25, 0.3) is 5.91 Å². The molecule has 27 heavy (non-hydrogen) atoms. The minimum atomic E-state index is -0.418. The third kappa shape index (κ3) is 4.16. The Bertz CT molecular complexity index is 800. The zero-order valence-corrected chi connectivity index (χ0v) is 16.0. The molecule has 1 saturated heterocycles. The molecule has 2 aliphatic rings. The van der Waals surface area contributed by atoms with E-state index >= 15 is 0 Å². The number of hydrogen-bond acceptors (Lipinski definition) is 4. The van der Waals surface area contributed by atoms with Crippen LogP contribution in [0.25, 0.3) is 0 Å². The maximum Gasteiger partial charge on any atom is 0.264 e. The average molecular weight is 385 g/mol. The highest BCUT2D eigenvalue weighted by Gasteiger charge is 2.35. The molecule has 2 fully saturated rings. The second-order valence-corrected chi connectivity index (χ2v) is 8.12. The summed E-state index contributed by atoms with van der Waals surface area (Å²) in [6, 6.07) is 10.8. The maximum atomic E-state index is 12.8. The third-order valence-corrected chi connectivity index (χ3v) is 6.11. The van der Waals surface area contributed by atoms with Gasteiger partial charge in [-0.15, -0.1) is 11.3 Å². The molecule has 1 atom stereocenters. The van der Waals surface area contributed by atoms with Gasteiger partial charge in [0.15, 0.2) is 0 Å². The fraction of sp³-hybridized carbons (Fsp3) is 0.429. The van der Waals surface area contributed by atoms with Gasteiger partial charge in [-0.1, -0.05) is 12.1 Å². The molecule has 1 aliphatic heterocycles. The van der Waals surface area contributed by atoms with Crippen LogP contribution < -0.4 is 10.1 Å². The van der Waals surface area contributed by atoms with E-state index in [1.807, 2.05) is 41.8 Å². The molecule has 1 aromatic heterocycles. The zero-order chi connectivity index (χ0) is 18.6. The molecule has 2 amide bonds. The Morgan fingerprint density at radius 2 is 1.93 bits per heavy atom. The molecule has 0 radical (unpaired) electrons. The first kappa shape index (κ1) is 18.0. The fourth-order valence-corrected chi connectivity index (χ4v) is 4.57. The van der Waals surface area contributed by atoms with Crippen molar-refractivity contribution in [3.05, 3.63) is 46.7 Å². The molecule has 1 aliphatic carbocycles. The number of carbonyl (C=O) groups excluding carboxylic acids is 2. The Balaban J connectivity index is 1.41. The highest BCUT2D eigenvalue weighted by atomic mass is 32.1. The van der Waals surface area contributed by atoms with Crippen LogP contribution in [0.2, 0.25) is 0 Å². The summed E-state index contributed by atoms with van der Waals surface area (Å²) in [6.45, 7) is 0.625. The monoisotopic (exact) mass is 384 g/mol. The Labute approximate surface area is 163 Å². The summed E-state index contributed by atoms with van der Waals surface area (Å²) in [7, 11) is 0. The van der Waals surface area contributed by atoms with Gasteiger partial charge in [0.2, 0.25) is 5.91 Å². The fourth-order valence-electron chi connectivity index (χ4n) is 3.90. The van der Waals surface area contributed by atoms with Crippen molar-refractivity contribution >= 4 is 28.8 Å². The lowest BCUT2D eigenvalue weighted by Gasteiger charge is -2.23. The second-order valence-electron chi connectivity index (χ2n) is 7.18. The Kier molecular flexibility index (Phi) is 5.43. The molecule has 5 nitrogen and oxygen atoms in total. The number of thiophene rings is 1. The van der Waals surface area contributed by atoms with Crippen molar-refractivity contribution in [3.63, 3.8) is 0 Å². The molecule has 0 unspecified atom stereocenters. The summed E-state index contributed by atoms with van der Waals surface area (Å²) >= 11 is 1.41. The summed E-state index contributed by atoms with van der Waals surface area (Å²) in [5.41, 5.74) is 0.714. The Hall–Kier alpha value is -2.34. The summed E-state index contributed by atoms with van der Waals surface area (Å²) in [4.78, 5) is 27.8. The molecule has 2 aromatic rings. The van der Waals surface area contributed by atoms with Crippen LogP contribution in [-0.2, 0) is 4.79 Å². The minimum absolute atomic E-state index is 0.0547. The number of nitrogens with one attached hydrogen (secondary N) is 1. The van der Waals surface area contributed by atoms with Crippen molar-refractivity contribution in [2.45, 2.75) is 50.7 Å². The zero-order valence-electron chi connectivity index (χ0n) is 15.2. The molecule has 2 heterocycles. The summed E-state index contributed by atoms with van der Waals surface area (Å²) in [5, 5.41) is 4.85. The predicted octanol–water partition coefficient (Wildman–Crippen LogP) is 4.31. The van der Waals surface area contributed by atoms with Crippen molar-refractivity contribution in [1.82, 2.24) is 4.90 Å². The molecule has 6 heteroatoms. The van der Waals surface area contributed by atoms with E-state index in [4.69, 9.17) is 4.74 Å². The lowest BCUT2D eigenvalue weighted by atomic mass is 10.2. The van der Waals surface area contributed by atoms with Crippen LogP contribution in [0.15, 0.2) is 41.8 Å². The van der Waals surface area contributed by atoms with E-state index in [0.29, 0.717) is 23.5 Å². The molecular weight excluding hydrogens is 360 g/mol. The van der Waals surface area contributed by atoms with Crippen molar-refractivity contribution in [1.29, 1.82) is 0 Å². The number of anilines is 1. The van der Waals surface area contributed by atoms with Gasteiger partial charge >= 0.3 is 0 Å². The first-order chi connectivity index (χ1) is 13.2. The van der Waals surface area contributed by atoms with Gasteiger partial charge in [0, 0.05) is 18.3 Å². The summed E-state index contributed by atoms with van der Waals surface area (Å²) in [5.74, 6) is 0.606. The van der Waals surface area contributed by atoms with Crippen molar-refractivity contribution in [2.75, 3.05) is 11.9 Å². The van der Waals surface area contributed by atoms with Crippen molar-refractivity contribution in [3.8, 4) is 5.75 Å². The first-order valence-corrected chi connectivity index (χ1v) is 10.5. The predicted molar refractivity (Wildman–Crippen MR) is 106 cm³/mol. The molecule has 142 valence electrons. The molecule has 1 saturated carbocycles.